The molecule has 4 aliphatic heterocycles. The number of aliphatic imine (C=N–C) groups is 2. The molecule has 3 aromatic carbocycles. The molecular formula is C81H78EuN8O2Pt2S2. The predicted octanol–water partition coefficient (Wildman–Crippen LogP) is 21.2. The first kappa shape index (κ1) is 76.6. The number of allylic oxidation sites excluding steroid dienone is 7. The minimum atomic E-state index is -0.202. The molecule has 15 heteroatoms. The smallest absolute Gasteiger partial charge is 0.678 e. The summed E-state index contributed by atoms with van der Waals surface area (Å²) >= 11 is 3.32. The molecule has 10 aromatic rings. The molecule has 4 aliphatic rings. The second-order valence-corrected chi connectivity index (χ2v) is 24.0. The zero-order valence-corrected chi connectivity index (χ0v) is 63.9. The molecule has 96 heavy (non-hydrogen) atoms. The Kier molecular flexibility index (Phi) is 30.6. The number of rotatable bonds is 13. The molecule has 11 heterocycles. The number of pyridine rings is 4. The van der Waals surface area contributed by atoms with E-state index in [1.807, 2.05) is 95.7 Å². The first-order valence-electron chi connectivity index (χ1n) is 32.4. The van der Waals surface area contributed by atoms with E-state index in [1.54, 1.807) is 83.9 Å². The third-order valence-electron chi connectivity index (χ3n) is 16.7. The van der Waals surface area contributed by atoms with Crippen LogP contribution < -0.4 is 4.98 Å². The van der Waals surface area contributed by atoms with Crippen LogP contribution in [-0.2, 0) is 55.0 Å². The van der Waals surface area contributed by atoms with Gasteiger partial charge in [0.1, 0.15) is 5.76 Å². The van der Waals surface area contributed by atoms with Gasteiger partial charge >= 0.3 is 42.1 Å². The van der Waals surface area contributed by atoms with Crippen molar-refractivity contribution in [3.05, 3.63) is 295 Å². The quantitative estimate of drug-likeness (QED) is 0.0398. The maximum absolute atomic E-state index is 11.8. The monoisotopic (exact) mass is 1800 g/mol. The van der Waals surface area contributed by atoms with Gasteiger partial charge in [0, 0.05) is 108 Å². The Bertz CT molecular complexity index is 4370. The molecule has 0 saturated carbocycles. The van der Waals surface area contributed by atoms with E-state index in [1.165, 1.54) is 56.4 Å². The fourth-order valence-electron chi connectivity index (χ4n) is 12.3. The summed E-state index contributed by atoms with van der Waals surface area (Å²) in [5.41, 5.74) is 24.0. The minimum absolute atomic E-state index is 0. The summed E-state index contributed by atoms with van der Waals surface area (Å²) in [5.74, 6) is -0.216. The van der Waals surface area contributed by atoms with Crippen molar-refractivity contribution in [1.29, 1.82) is 0 Å². The summed E-state index contributed by atoms with van der Waals surface area (Å²) in [6.45, 7) is 18.1. The third kappa shape index (κ3) is 18.7. The molecule has 493 valence electrons. The van der Waals surface area contributed by atoms with Crippen molar-refractivity contribution in [3.8, 4) is 21.1 Å². The summed E-state index contributed by atoms with van der Waals surface area (Å²) < 4.78 is 0. The van der Waals surface area contributed by atoms with E-state index >= 15 is 0 Å². The number of hydrogen-bond acceptors (Lipinski definition) is 10. The van der Waals surface area contributed by atoms with E-state index < -0.39 is 0 Å². The molecule has 0 spiro atoms. The van der Waals surface area contributed by atoms with Gasteiger partial charge < -0.3 is 25.4 Å². The topological polar surface area (TPSA) is 142 Å². The molecule has 0 aliphatic carbocycles. The average Bonchev–Trinajstić information content (AvgIpc) is 1.61. The van der Waals surface area contributed by atoms with Crippen LogP contribution in [0.1, 0.15) is 139 Å². The molecule has 7 aromatic heterocycles. The van der Waals surface area contributed by atoms with Gasteiger partial charge in [0.15, 0.2) is 5.78 Å². The Hall–Kier alpha value is -6.79. The second-order valence-electron chi connectivity index (χ2n) is 22.1. The van der Waals surface area contributed by atoms with Gasteiger partial charge in [-0.3, -0.25) is 19.8 Å². The van der Waals surface area contributed by atoms with Gasteiger partial charge in [0.25, 0.3) is 0 Å². The maximum atomic E-state index is 11.8. The summed E-state index contributed by atoms with van der Waals surface area (Å²) in [7, 11) is 0. The number of aromatic nitrogens is 5. The average molecular weight is 1800 g/mol. The van der Waals surface area contributed by atoms with Gasteiger partial charge in [-0.05, 0) is 116 Å². The van der Waals surface area contributed by atoms with Crippen LogP contribution in [0.5, 0.6) is 0 Å². The van der Waals surface area contributed by atoms with Crippen LogP contribution in [0.4, 0.5) is 0 Å². The Morgan fingerprint density at radius 2 is 1.00 bits per heavy atom. The van der Waals surface area contributed by atoms with Crippen LogP contribution in [0, 0.1) is 61.5 Å². The molecule has 10 nitrogen and oxygen atoms in total. The predicted molar refractivity (Wildman–Crippen MR) is 390 cm³/mol. The Labute approximate surface area is 644 Å². The van der Waals surface area contributed by atoms with E-state index in [-0.39, 0.29) is 109 Å². The third-order valence-corrected chi connectivity index (χ3v) is 18.3. The molecular weight excluding hydrogens is 1720 g/mol. The Morgan fingerprint density at radius 3 is 1.46 bits per heavy atom. The molecule has 1 atom stereocenters. The summed E-state index contributed by atoms with van der Waals surface area (Å²) in [6, 6.07) is 52.0. The van der Waals surface area contributed by atoms with Crippen molar-refractivity contribution in [2.24, 2.45) is 9.98 Å². The van der Waals surface area contributed by atoms with Crippen LogP contribution in [0.2, 0.25) is 0 Å². The van der Waals surface area contributed by atoms with Crippen molar-refractivity contribution in [2.75, 3.05) is 0 Å². The zero-order valence-electron chi connectivity index (χ0n) is 55.3. The minimum Gasteiger partial charge on any atom is -0.678 e. The number of aliphatic hydroxyl groups excluding tert-OH is 1. The SMILES string of the molecule is CCC1=C(CC)C2=NC1=Cc1[n-]c(c(CC)c1CC)C=C1N=C(CC3[N-]C(=C2)C(CC)=C3CC)C(CC)=C1CC.O=C(C=C(O)c1ccccc1)c1ccccc1.[Eu].[Pt+2].[Pt+2].[c-]1ccsc1-c1ccccn1.[c-]1ccsc1-c1ccccn1.c1cnc2c(c1)ccc1cccnc12. The fraction of sp³-hybridized carbons (Fsp3) is 0.222. The van der Waals surface area contributed by atoms with Gasteiger partial charge in [-0.2, -0.15) is 24.3 Å². The Morgan fingerprint density at radius 1 is 0.521 bits per heavy atom. The standard InChI is InChI=1S/C36H46N4.C15H12O2.C12H8N2.2C9H6NS.Eu.2Pt/c1-9-21-22(10-2)30-18-32-25(13-5)26(14-6)34(39-32)20-36-28(16-8)27(15-7)35(40-36)19-33-24(12-4)23(11-3)31(38-33)17-29(21)37-30;16-14(12-7-3-1-4-8-12)11-15(17)13-9-5-2-6-10-13;1-3-9-5-6-10-4-2-8-14-12(10)11(9)13-7-1;2*1-2-6-10-8(4-1)9-5-3-7-11-9;;;/h17-19,34H,9-16,20H2,1-8H3;1-11,16H;1-8H;2*1-4,6-7H;;;/q-2;;;2*-1;;2*+2. The fourth-order valence-corrected chi connectivity index (χ4v) is 13.6. The number of hydrogen-bond donors (Lipinski definition) is 1. The van der Waals surface area contributed by atoms with Crippen molar-refractivity contribution in [3.63, 3.8) is 0 Å². The van der Waals surface area contributed by atoms with Gasteiger partial charge in [0.2, 0.25) is 0 Å². The number of carbonyl (C=O) groups is 1. The Balaban J connectivity index is 0.000000190. The van der Waals surface area contributed by atoms with Crippen LogP contribution in [0.25, 0.3) is 66.2 Å². The molecule has 14 rings (SSSR count). The van der Waals surface area contributed by atoms with E-state index in [0.29, 0.717) is 11.1 Å². The normalized spacial score (nSPS) is 14.4. The summed E-state index contributed by atoms with van der Waals surface area (Å²) in [6.07, 6.45) is 23.9. The molecule has 1 unspecified atom stereocenters. The van der Waals surface area contributed by atoms with Crippen LogP contribution >= 0.6 is 22.7 Å². The van der Waals surface area contributed by atoms with E-state index in [0.717, 1.165) is 135 Å². The van der Waals surface area contributed by atoms with Crippen molar-refractivity contribution < 1.29 is 101 Å². The zero-order chi connectivity index (χ0) is 65.1. The second kappa shape index (κ2) is 38.4. The van der Waals surface area contributed by atoms with Crippen LogP contribution in [0.15, 0.2) is 254 Å². The van der Waals surface area contributed by atoms with E-state index in [2.05, 4.69) is 130 Å². The van der Waals surface area contributed by atoms with Crippen molar-refractivity contribution >= 4 is 79.6 Å². The van der Waals surface area contributed by atoms with Gasteiger partial charge in [-0.25, -0.2) is 27.7 Å². The number of aliphatic hydroxyl groups is 1. The number of benzene rings is 3. The number of fused-ring (bicyclic) bond motifs is 9. The van der Waals surface area contributed by atoms with Gasteiger partial charge in [-0.15, -0.1) is 27.8 Å². The number of ketones is 1. The molecule has 8 bridgehead atoms. The van der Waals surface area contributed by atoms with Crippen LogP contribution in [0.3, 0.4) is 0 Å². The molecule has 0 saturated heterocycles. The van der Waals surface area contributed by atoms with Gasteiger partial charge in [0.05, 0.1) is 28.1 Å². The van der Waals surface area contributed by atoms with E-state index in [9.17, 15) is 9.90 Å². The maximum Gasteiger partial charge on any atom is 2.00 e. The molecule has 1 N–H and O–H groups in total. The first-order valence-corrected chi connectivity index (χ1v) is 34.1. The summed E-state index contributed by atoms with van der Waals surface area (Å²) in [5, 5.41) is 21.5. The van der Waals surface area contributed by atoms with Crippen molar-refractivity contribution in [2.45, 2.75) is 119 Å². The molecule has 0 amide bonds. The van der Waals surface area contributed by atoms with Crippen LogP contribution in [-0.4, -0.2) is 48.3 Å². The molecule has 0 fully saturated rings. The van der Waals surface area contributed by atoms with E-state index in [4.69, 9.17) is 20.3 Å². The van der Waals surface area contributed by atoms with Crippen molar-refractivity contribution in [1.82, 2.24) is 24.9 Å². The number of thiophene rings is 2. The summed E-state index contributed by atoms with van der Waals surface area (Å²) in [4.78, 5) is 47.0. The van der Waals surface area contributed by atoms with Gasteiger partial charge in [-0.1, -0.05) is 221 Å². The number of carbonyl (C=O) groups excluding carboxylic acids is 1. The first-order chi connectivity index (χ1) is 45.6. The number of nitrogens with zero attached hydrogens (tertiary/aromatic N) is 8. The largest absolute Gasteiger partial charge is 2.00 e. The molecule has 1 radical (unpaired) electrons.